The Morgan fingerprint density at radius 1 is 1.00 bits per heavy atom. The number of rotatable bonds is 0. The summed E-state index contributed by atoms with van der Waals surface area (Å²) in [6, 6.07) is 3.65. The van der Waals surface area contributed by atoms with Gasteiger partial charge in [-0.3, -0.25) is 0 Å². The monoisotopic (exact) mass is 109 g/mol. The van der Waals surface area contributed by atoms with Crippen molar-refractivity contribution in [2.75, 3.05) is 0 Å². The van der Waals surface area contributed by atoms with E-state index in [0.717, 1.165) is 0 Å². The van der Waals surface area contributed by atoms with E-state index < -0.39 is 0 Å². The lowest BCUT2D eigenvalue weighted by Gasteiger charge is -1.74. The summed E-state index contributed by atoms with van der Waals surface area (Å²) in [5.74, 6) is 0. The largest absolute Gasteiger partial charge is 0.471 e. The van der Waals surface area contributed by atoms with E-state index in [1.807, 2.05) is 12.3 Å². The Hall–Kier alpha value is -1.18. The van der Waals surface area contributed by atoms with Gasteiger partial charge in [-0.15, -0.1) is 0 Å². The van der Waals surface area contributed by atoms with E-state index >= 15 is 0 Å². The van der Waals surface area contributed by atoms with Gasteiger partial charge in [0.1, 0.15) is 6.26 Å². The van der Waals surface area contributed by atoms with Crippen molar-refractivity contribution >= 4 is 0 Å². The molecule has 0 spiro atoms. The summed E-state index contributed by atoms with van der Waals surface area (Å²) in [6.07, 6.45) is 6.70. The van der Waals surface area contributed by atoms with Crippen molar-refractivity contribution in [2.45, 2.75) is 0 Å². The normalized spacial score (nSPS) is 8.00. The van der Waals surface area contributed by atoms with Crippen molar-refractivity contribution in [1.82, 2.24) is 4.98 Å². The molecule has 0 radical (unpaired) electrons. The Bertz CT molecular complexity index is 113. The van der Waals surface area contributed by atoms with E-state index in [1.54, 1.807) is 24.8 Å². The molecular weight excluding hydrogens is 102 g/mol. The first-order valence-electron chi connectivity index (χ1n) is 2.38. The molecule has 0 fully saturated rings. The lowest BCUT2D eigenvalue weighted by atomic mass is 10.6. The zero-order valence-corrected chi connectivity index (χ0v) is 4.37. The Labute approximate surface area is 47.5 Å². The average molecular weight is 109 g/mol. The second kappa shape index (κ2) is 2.91. The first kappa shape index (κ1) is 4.97. The highest BCUT2D eigenvalue weighted by Crippen LogP contribution is 1.75. The van der Waals surface area contributed by atoms with Gasteiger partial charge >= 0.3 is 0 Å². The Morgan fingerprint density at radius 3 is 3.00 bits per heavy atom. The lowest BCUT2D eigenvalue weighted by molar-refractivity contribution is 0.551. The van der Waals surface area contributed by atoms with E-state index in [9.17, 15) is 0 Å². The summed E-state index contributed by atoms with van der Waals surface area (Å²) in [5, 5.41) is 0. The van der Waals surface area contributed by atoms with Gasteiger partial charge in [0.2, 0.25) is 0 Å². The first-order chi connectivity index (χ1) is 4.00. The fourth-order valence-electron chi connectivity index (χ4n) is 0.381. The molecule has 1 rings (SSSR count). The Kier molecular flexibility index (Phi) is 1.80. The minimum Gasteiger partial charge on any atom is -0.471 e. The van der Waals surface area contributed by atoms with Crippen LogP contribution < -0.4 is 0 Å². The van der Waals surface area contributed by atoms with Crippen LogP contribution in [0.2, 0.25) is 0 Å². The van der Waals surface area contributed by atoms with Crippen molar-refractivity contribution < 1.29 is 4.42 Å². The van der Waals surface area contributed by atoms with E-state index in [2.05, 4.69) is 4.98 Å². The van der Waals surface area contributed by atoms with Crippen LogP contribution in [0.25, 0.3) is 0 Å². The summed E-state index contributed by atoms with van der Waals surface area (Å²) in [5.41, 5.74) is 0. The fraction of sp³-hybridized carbons (Fsp3) is 0. The van der Waals surface area contributed by atoms with Crippen LogP contribution in [0.3, 0.4) is 0 Å². The van der Waals surface area contributed by atoms with E-state index in [1.165, 1.54) is 0 Å². The molecule has 2 heteroatoms. The van der Waals surface area contributed by atoms with Gasteiger partial charge in [0.15, 0.2) is 0 Å². The number of nitrogens with one attached hydrogen (secondary N) is 1. The van der Waals surface area contributed by atoms with Gasteiger partial charge in [-0.05, 0) is 12.1 Å². The van der Waals surface area contributed by atoms with Gasteiger partial charge in [0.05, 0.1) is 6.26 Å². The number of H-pyrrole nitrogens is 1. The average Bonchev–Trinajstić information content (AvgIpc) is 1.62. The molecule has 1 N–H and O–H groups in total. The van der Waals surface area contributed by atoms with Gasteiger partial charge in [0, 0.05) is 12.4 Å². The topological polar surface area (TPSA) is 28.9 Å². The molecule has 0 aromatic carbocycles. The number of hydrogen-bond acceptors (Lipinski definition) is 1. The third-order valence-electron chi connectivity index (χ3n) is 0.704. The maximum Gasteiger partial charge on any atom is 0.106 e. The highest BCUT2D eigenvalue weighted by molar-refractivity contribution is 4.79. The van der Waals surface area contributed by atoms with Gasteiger partial charge in [-0.25, -0.2) is 0 Å². The standard InChI is InChI=1S/C6H7NO/c1-2-5-8-6-4-7-3-1/h1-7H. The second-order valence-corrected chi connectivity index (χ2v) is 1.29. The molecule has 1 heterocycles. The van der Waals surface area contributed by atoms with Crippen LogP contribution in [-0.2, 0) is 0 Å². The third-order valence-corrected chi connectivity index (χ3v) is 0.704. The maximum absolute atomic E-state index is 4.80. The molecule has 0 aliphatic carbocycles. The molecule has 2 nitrogen and oxygen atoms in total. The summed E-state index contributed by atoms with van der Waals surface area (Å²) in [6.45, 7) is 0. The Balaban J connectivity index is 3.00. The van der Waals surface area contributed by atoms with Crippen molar-refractivity contribution in [3.8, 4) is 0 Å². The van der Waals surface area contributed by atoms with Crippen LogP contribution in [0.5, 0.6) is 0 Å². The van der Waals surface area contributed by atoms with Crippen molar-refractivity contribution in [1.29, 1.82) is 0 Å². The summed E-state index contributed by atoms with van der Waals surface area (Å²) < 4.78 is 4.80. The minimum atomic E-state index is 1.57. The van der Waals surface area contributed by atoms with Gasteiger partial charge in [0.25, 0.3) is 0 Å². The molecule has 1 aromatic heterocycles. The highest BCUT2D eigenvalue weighted by atomic mass is 16.3. The molecule has 0 aliphatic rings. The summed E-state index contributed by atoms with van der Waals surface area (Å²) >= 11 is 0. The zero-order valence-electron chi connectivity index (χ0n) is 4.37. The molecule has 42 valence electrons. The molecule has 0 saturated heterocycles. The second-order valence-electron chi connectivity index (χ2n) is 1.29. The predicted molar refractivity (Wildman–Crippen MR) is 30.7 cm³/mol. The van der Waals surface area contributed by atoms with E-state index in [4.69, 9.17) is 4.42 Å². The maximum atomic E-state index is 4.80. The molecular formula is C6H7NO. The van der Waals surface area contributed by atoms with Crippen molar-refractivity contribution in [3.05, 3.63) is 37.1 Å². The molecule has 0 bridgehead atoms. The highest BCUT2D eigenvalue weighted by Gasteiger charge is 1.57. The molecule has 8 heavy (non-hydrogen) atoms. The van der Waals surface area contributed by atoms with Crippen LogP contribution in [0, 0.1) is 0 Å². The molecule has 0 amide bonds. The van der Waals surface area contributed by atoms with E-state index in [0.29, 0.717) is 0 Å². The van der Waals surface area contributed by atoms with Crippen LogP contribution in [0.4, 0.5) is 0 Å². The van der Waals surface area contributed by atoms with Crippen molar-refractivity contribution in [2.24, 2.45) is 0 Å². The van der Waals surface area contributed by atoms with Crippen LogP contribution in [0.15, 0.2) is 41.5 Å². The predicted octanol–water partition coefficient (Wildman–Crippen LogP) is 1.73. The summed E-state index contributed by atoms with van der Waals surface area (Å²) in [7, 11) is 0. The molecule has 1 aromatic rings. The zero-order chi connectivity index (χ0) is 5.66. The van der Waals surface area contributed by atoms with Gasteiger partial charge in [-0.1, -0.05) is 0 Å². The molecule has 0 atom stereocenters. The Morgan fingerprint density at radius 2 is 2.00 bits per heavy atom. The summed E-state index contributed by atoms with van der Waals surface area (Å²) in [4.78, 5) is 2.85. The molecule has 0 aliphatic heterocycles. The first-order valence-corrected chi connectivity index (χ1v) is 2.38. The van der Waals surface area contributed by atoms with Gasteiger partial charge < -0.3 is 9.40 Å². The number of hydrogen-bond donors (Lipinski definition) is 1. The smallest absolute Gasteiger partial charge is 0.106 e. The van der Waals surface area contributed by atoms with Crippen molar-refractivity contribution in [3.63, 3.8) is 0 Å². The fourth-order valence-corrected chi connectivity index (χ4v) is 0.381. The molecule has 0 saturated carbocycles. The SMILES string of the molecule is c1ccocc[nH]c1. The third kappa shape index (κ3) is 1.51. The number of aromatic nitrogens is 1. The van der Waals surface area contributed by atoms with E-state index in [-0.39, 0.29) is 0 Å². The quantitative estimate of drug-likeness (QED) is 0.540. The minimum absolute atomic E-state index is 1.57. The molecule has 0 unspecified atom stereocenters. The van der Waals surface area contributed by atoms with Crippen LogP contribution in [0.1, 0.15) is 0 Å². The lowest BCUT2D eigenvalue weighted by Crippen LogP contribution is -1.57. The van der Waals surface area contributed by atoms with Gasteiger partial charge in [-0.2, -0.15) is 0 Å². The van der Waals surface area contributed by atoms with Crippen LogP contribution >= 0.6 is 0 Å². The number of aromatic amines is 1. The van der Waals surface area contributed by atoms with Crippen LogP contribution in [-0.4, -0.2) is 4.98 Å².